The van der Waals surface area contributed by atoms with E-state index in [4.69, 9.17) is 37.6 Å². The number of carbonyl (C=O) groups is 1. The molecule has 1 aromatic heterocycles. The number of nitrogens with zero attached hydrogens (tertiary/aromatic N) is 2. The summed E-state index contributed by atoms with van der Waals surface area (Å²) in [5.41, 5.74) is -0.368. The van der Waals surface area contributed by atoms with Gasteiger partial charge in [-0.3, -0.25) is 4.79 Å². The van der Waals surface area contributed by atoms with Crippen molar-refractivity contribution >= 4 is 39.1 Å². The van der Waals surface area contributed by atoms with Crippen LogP contribution in [0.4, 0.5) is 0 Å². The number of allylic oxidation sites excluding steroid dienone is 1. The van der Waals surface area contributed by atoms with Crippen molar-refractivity contribution in [3.05, 3.63) is 28.1 Å². The van der Waals surface area contributed by atoms with Gasteiger partial charge >= 0.3 is 0 Å². The second-order valence-electron chi connectivity index (χ2n) is 4.34. The molecule has 11 heteroatoms. The quantitative estimate of drug-likeness (QED) is 0.786. The van der Waals surface area contributed by atoms with Crippen molar-refractivity contribution in [1.82, 2.24) is 9.62 Å². The van der Waals surface area contributed by atoms with Crippen LogP contribution >= 0.6 is 23.2 Å². The van der Waals surface area contributed by atoms with Crippen molar-refractivity contribution < 1.29 is 22.4 Å². The van der Waals surface area contributed by atoms with Crippen LogP contribution in [-0.2, 0) is 14.8 Å². The molecular formula is C12H11Cl2N3O5S. The Bertz CT molecular complexity index is 771. The molecule has 1 saturated heterocycles. The van der Waals surface area contributed by atoms with Gasteiger partial charge in [-0.25, -0.2) is 8.42 Å². The first-order chi connectivity index (χ1) is 10.9. The van der Waals surface area contributed by atoms with Crippen LogP contribution in [0.1, 0.15) is 10.6 Å². The lowest BCUT2D eigenvalue weighted by atomic mass is 10.4. The fourth-order valence-corrected chi connectivity index (χ4v) is 3.29. The first-order valence-electron chi connectivity index (χ1n) is 6.30. The van der Waals surface area contributed by atoms with E-state index < -0.39 is 20.4 Å². The summed E-state index contributed by atoms with van der Waals surface area (Å²) in [6, 6.07) is 3.94. The Hall–Kier alpha value is -1.57. The van der Waals surface area contributed by atoms with Crippen LogP contribution in [0.3, 0.4) is 0 Å². The van der Waals surface area contributed by atoms with Gasteiger partial charge in [-0.05, 0) is 12.1 Å². The van der Waals surface area contributed by atoms with E-state index in [1.54, 1.807) is 6.07 Å². The summed E-state index contributed by atoms with van der Waals surface area (Å²) in [4.78, 5) is 11.9. The van der Waals surface area contributed by atoms with Crippen molar-refractivity contribution in [1.29, 1.82) is 5.26 Å². The van der Waals surface area contributed by atoms with Gasteiger partial charge in [0.1, 0.15) is 10.6 Å². The Morgan fingerprint density at radius 2 is 1.96 bits per heavy atom. The standard InChI is InChI=1S/C12H11Cl2N3O5S/c13-11(14)8(7-15)16-12(18)9-1-2-10(22-9)23(19,20)17-3-5-21-6-4-17/h1-2H,3-6H2,(H,16,18). The molecule has 0 atom stereocenters. The number of sulfonamides is 1. The summed E-state index contributed by atoms with van der Waals surface area (Å²) in [6.07, 6.45) is 0. The average molecular weight is 380 g/mol. The molecule has 0 bridgehead atoms. The molecule has 8 nitrogen and oxygen atoms in total. The van der Waals surface area contributed by atoms with Crippen molar-refractivity contribution in [2.24, 2.45) is 0 Å². The fraction of sp³-hybridized carbons (Fsp3) is 0.333. The molecule has 2 rings (SSSR count). The second-order valence-corrected chi connectivity index (χ2v) is 7.15. The smallest absolute Gasteiger partial charge is 0.292 e. The second kappa shape index (κ2) is 7.33. The van der Waals surface area contributed by atoms with Gasteiger partial charge in [-0.15, -0.1) is 0 Å². The van der Waals surface area contributed by atoms with Crippen molar-refractivity contribution in [3.63, 3.8) is 0 Å². The predicted octanol–water partition coefficient (Wildman–Crippen LogP) is 1.20. The lowest BCUT2D eigenvalue weighted by Gasteiger charge is -2.24. The highest BCUT2D eigenvalue weighted by molar-refractivity contribution is 7.89. The number of halogens is 2. The number of rotatable bonds is 4. The summed E-state index contributed by atoms with van der Waals surface area (Å²) < 4.78 is 35.7. The Morgan fingerprint density at radius 3 is 2.52 bits per heavy atom. The van der Waals surface area contributed by atoms with Crippen LogP contribution in [0.2, 0.25) is 0 Å². The van der Waals surface area contributed by atoms with Crippen LogP contribution in [0.5, 0.6) is 0 Å². The topological polar surface area (TPSA) is 113 Å². The summed E-state index contributed by atoms with van der Waals surface area (Å²) in [7, 11) is -3.85. The van der Waals surface area contributed by atoms with Crippen LogP contribution < -0.4 is 5.32 Å². The molecule has 1 aliphatic heterocycles. The maximum absolute atomic E-state index is 12.4. The Kier molecular flexibility index (Phi) is 5.67. The van der Waals surface area contributed by atoms with Crippen LogP contribution in [0.15, 0.2) is 31.8 Å². The van der Waals surface area contributed by atoms with Crippen molar-refractivity contribution in [3.8, 4) is 6.07 Å². The Balaban J connectivity index is 2.19. The highest BCUT2D eigenvalue weighted by Crippen LogP contribution is 2.20. The van der Waals surface area contributed by atoms with Gasteiger partial charge in [-0.1, -0.05) is 23.2 Å². The predicted molar refractivity (Wildman–Crippen MR) is 80.1 cm³/mol. The van der Waals surface area contributed by atoms with Crippen LogP contribution in [0, 0.1) is 11.3 Å². The summed E-state index contributed by atoms with van der Waals surface area (Å²) in [5.74, 6) is -1.14. The Labute approximate surface area is 142 Å². The molecule has 1 amide bonds. The molecule has 0 radical (unpaired) electrons. The molecule has 1 aliphatic rings. The van der Waals surface area contributed by atoms with E-state index in [-0.39, 0.29) is 42.9 Å². The minimum Gasteiger partial charge on any atom is -0.438 e. The van der Waals surface area contributed by atoms with Crippen LogP contribution in [0.25, 0.3) is 0 Å². The highest BCUT2D eigenvalue weighted by atomic mass is 35.5. The van der Waals surface area contributed by atoms with E-state index in [2.05, 4.69) is 5.32 Å². The van der Waals surface area contributed by atoms with Gasteiger partial charge in [0.25, 0.3) is 15.9 Å². The molecule has 0 aromatic carbocycles. The van der Waals surface area contributed by atoms with Gasteiger partial charge in [0, 0.05) is 13.1 Å². The zero-order valence-corrected chi connectivity index (χ0v) is 13.9. The number of carbonyl (C=O) groups excluding carboxylic acids is 1. The molecule has 1 fully saturated rings. The molecule has 23 heavy (non-hydrogen) atoms. The number of hydrogen-bond acceptors (Lipinski definition) is 6. The minimum absolute atomic E-state index is 0.202. The maximum atomic E-state index is 12.4. The first kappa shape index (κ1) is 17.8. The number of amides is 1. The van der Waals surface area contributed by atoms with Gasteiger partial charge in [0.15, 0.2) is 11.5 Å². The normalized spacial score (nSPS) is 15.7. The molecule has 0 spiro atoms. The summed E-state index contributed by atoms with van der Waals surface area (Å²) >= 11 is 10.8. The lowest BCUT2D eigenvalue weighted by Crippen LogP contribution is -2.40. The van der Waals surface area contributed by atoms with E-state index in [9.17, 15) is 13.2 Å². The number of nitriles is 1. The number of furan rings is 1. The summed E-state index contributed by atoms with van der Waals surface area (Å²) in [6.45, 7) is 0.983. The average Bonchev–Trinajstić information content (AvgIpc) is 3.03. The maximum Gasteiger partial charge on any atom is 0.292 e. The molecular weight excluding hydrogens is 369 g/mol. The van der Waals surface area contributed by atoms with E-state index in [0.717, 1.165) is 6.07 Å². The number of morpholine rings is 1. The highest BCUT2D eigenvalue weighted by Gasteiger charge is 2.30. The van der Waals surface area contributed by atoms with Gasteiger partial charge in [0.2, 0.25) is 5.09 Å². The minimum atomic E-state index is -3.85. The molecule has 1 N–H and O–H groups in total. The molecule has 0 saturated carbocycles. The van der Waals surface area contributed by atoms with Crippen molar-refractivity contribution in [2.75, 3.05) is 26.3 Å². The third-order valence-corrected chi connectivity index (χ3v) is 5.06. The van der Waals surface area contributed by atoms with Gasteiger partial charge in [-0.2, -0.15) is 9.57 Å². The zero-order valence-electron chi connectivity index (χ0n) is 11.6. The lowest BCUT2D eigenvalue weighted by molar-refractivity contribution is 0.0722. The van der Waals surface area contributed by atoms with Gasteiger partial charge < -0.3 is 14.5 Å². The third kappa shape index (κ3) is 4.04. The van der Waals surface area contributed by atoms with E-state index in [0.29, 0.717) is 0 Å². The molecule has 0 unspecified atom stereocenters. The van der Waals surface area contributed by atoms with Gasteiger partial charge in [0.05, 0.1) is 13.2 Å². The Morgan fingerprint density at radius 1 is 1.30 bits per heavy atom. The molecule has 0 aliphatic carbocycles. The molecule has 2 heterocycles. The summed E-state index contributed by atoms with van der Waals surface area (Å²) in [5, 5.41) is 10.5. The number of ether oxygens (including phenoxy) is 1. The van der Waals surface area contributed by atoms with E-state index in [1.165, 1.54) is 10.4 Å². The van der Waals surface area contributed by atoms with Crippen molar-refractivity contribution in [2.45, 2.75) is 5.09 Å². The number of nitrogens with one attached hydrogen (secondary N) is 1. The van der Waals surface area contributed by atoms with E-state index >= 15 is 0 Å². The first-order valence-corrected chi connectivity index (χ1v) is 8.50. The SMILES string of the molecule is N#CC(NC(=O)c1ccc(S(=O)(=O)N2CCOCC2)o1)=C(Cl)Cl. The zero-order chi connectivity index (χ0) is 17.0. The molecule has 124 valence electrons. The monoisotopic (exact) mass is 379 g/mol. The third-order valence-electron chi connectivity index (χ3n) is 2.91. The molecule has 1 aromatic rings. The fourth-order valence-electron chi connectivity index (χ4n) is 1.79. The number of hydrogen-bond donors (Lipinski definition) is 1. The van der Waals surface area contributed by atoms with E-state index in [1.807, 2.05) is 0 Å². The van der Waals surface area contributed by atoms with Crippen LogP contribution in [-0.4, -0.2) is 44.9 Å². The largest absolute Gasteiger partial charge is 0.438 e.